The molecule has 5 nitrogen and oxygen atoms in total. The van der Waals surface area contributed by atoms with Crippen molar-refractivity contribution < 1.29 is 0 Å². The summed E-state index contributed by atoms with van der Waals surface area (Å²) >= 11 is 0. The van der Waals surface area contributed by atoms with Gasteiger partial charge in [-0.05, 0) is 19.1 Å². The van der Waals surface area contributed by atoms with E-state index in [2.05, 4.69) is 32.2 Å². The van der Waals surface area contributed by atoms with Crippen LogP contribution in [0.25, 0.3) is 11.0 Å². The molecule has 2 heterocycles. The van der Waals surface area contributed by atoms with Crippen LogP contribution in [-0.4, -0.2) is 19.9 Å². The molecule has 0 aliphatic rings. The van der Waals surface area contributed by atoms with Gasteiger partial charge in [0.25, 0.3) is 0 Å². The Hall–Kier alpha value is -2.27. The van der Waals surface area contributed by atoms with Gasteiger partial charge in [0, 0.05) is 24.6 Å². The lowest BCUT2D eigenvalue weighted by Crippen LogP contribution is -2.19. The predicted molar refractivity (Wildman–Crippen MR) is 73.4 cm³/mol. The normalized spacial score (nSPS) is 12.7. The number of H-pyrrole nitrogens is 1. The molecule has 0 aliphatic heterocycles. The lowest BCUT2D eigenvalue weighted by atomic mass is 10.2. The Kier molecular flexibility index (Phi) is 3.20. The molecule has 1 unspecified atom stereocenters. The van der Waals surface area contributed by atoms with Crippen molar-refractivity contribution in [3.8, 4) is 0 Å². The summed E-state index contributed by atoms with van der Waals surface area (Å²) in [6.45, 7) is 2.74. The third-order valence-corrected chi connectivity index (χ3v) is 3.04. The topological polar surface area (TPSA) is 66.5 Å². The quantitative estimate of drug-likeness (QED) is 0.748. The van der Waals surface area contributed by atoms with E-state index < -0.39 is 0 Å². The Morgan fingerprint density at radius 1 is 1.26 bits per heavy atom. The molecule has 0 amide bonds. The highest BCUT2D eigenvalue weighted by Gasteiger charge is 2.07. The second-order valence-electron chi connectivity index (χ2n) is 4.43. The van der Waals surface area contributed by atoms with Gasteiger partial charge in [-0.3, -0.25) is 9.97 Å². The number of hydrogen-bond donors (Lipinski definition) is 2. The minimum Gasteiger partial charge on any atom is -0.341 e. The summed E-state index contributed by atoms with van der Waals surface area (Å²) in [6, 6.07) is 8.16. The molecule has 96 valence electrons. The number of nitrogens with zero attached hydrogens (tertiary/aromatic N) is 3. The molecule has 19 heavy (non-hydrogen) atoms. The van der Waals surface area contributed by atoms with Crippen LogP contribution in [0.15, 0.2) is 42.9 Å². The lowest BCUT2D eigenvalue weighted by molar-refractivity contribution is 0.548. The first-order valence-corrected chi connectivity index (χ1v) is 6.26. The van der Waals surface area contributed by atoms with E-state index in [1.807, 2.05) is 24.3 Å². The highest BCUT2D eigenvalue weighted by Crippen LogP contribution is 2.12. The first-order chi connectivity index (χ1) is 9.33. The molecule has 0 aliphatic carbocycles. The third kappa shape index (κ3) is 2.61. The molecule has 0 bridgehead atoms. The Balaban J connectivity index is 1.69. The summed E-state index contributed by atoms with van der Waals surface area (Å²) in [7, 11) is 0. The van der Waals surface area contributed by atoms with E-state index >= 15 is 0 Å². The molecule has 0 radical (unpaired) electrons. The van der Waals surface area contributed by atoms with E-state index in [0.29, 0.717) is 6.54 Å². The Bertz CT molecular complexity index is 629. The molecule has 0 spiro atoms. The van der Waals surface area contributed by atoms with Crippen molar-refractivity contribution in [2.24, 2.45) is 0 Å². The van der Waals surface area contributed by atoms with Crippen molar-refractivity contribution in [1.82, 2.24) is 25.3 Å². The molecule has 0 fully saturated rings. The van der Waals surface area contributed by atoms with E-state index in [1.165, 1.54) is 0 Å². The number of aromatic nitrogens is 4. The second-order valence-corrected chi connectivity index (χ2v) is 4.43. The zero-order chi connectivity index (χ0) is 13.1. The number of nitrogens with one attached hydrogen (secondary N) is 2. The van der Waals surface area contributed by atoms with Crippen LogP contribution >= 0.6 is 0 Å². The van der Waals surface area contributed by atoms with E-state index in [1.54, 1.807) is 18.6 Å². The Labute approximate surface area is 111 Å². The molecule has 1 atom stereocenters. The predicted octanol–water partition coefficient (Wildman–Crippen LogP) is 2.20. The molecular weight excluding hydrogens is 238 g/mol. The van der Waals surface area contributed by atoms with Crippen LogP contribution in [-0.2, 0) is 6.54 Å². The number of para-hydroxylation sites is 2. The Morgan fingerprint density at radius 3 is 2.95 bits per heavy atom. The van der Waals surface area contributed by atoms with Crippen LogP contribution in [0.1, 0.15) is 24.5 Å². The molecule has 1 aromatic carbocycles. The van der Waals surface area contributed by atoms with Gasteiger partial charge in [-0.25, -0.2) is 4.98 Å². The van der Waals surface area contributed by atoms with Crippen LogP contribution < -0.4 is 5.32 Å². The van der Waals surface area contributed by atoms with Gasteiger partial charge in [0.1, 0.15) is 5.82 Å². The van der Waals surface area contributed by atoms with Gasteiger partial charge in [-0.1, -0.05) is 12.1 Å². The Morgan fingerprint density at radius 2 is 2.16 bits per heavy atom. The summed E-state index contributed by atoms with van der Waals surface area (Å²) in [5.41, 5.74) is 2.98. The van der Waals surface area contributed by atoms with Crippen molar-refractivity contribution in [1.29, 1.82) is 0 Å². The molecule has 0 saturated carbocycles. The first-order valence-electron chi connectivity index (χ1n) is 6.26. The molecule has 0 saturated heterocycles. The van der Waals surface area contributed by atoms with E-state index in [0.717, 1.165) is 22.6 Å². The zero-order valence-electron chi connectivity index (χ0n) is 10.7. The van der Waals surface area contributed by atoms with Crippen LogP contribution in [0.2, 0.25) is 0 Å². The smallest absolute Gasteiger partial charge is 0.121 e. The zero-order valence-corrected chi connectivity index (χ0v) is 10.7. The number of hydrogen-bond acceptors (Lipinski definition) is 4. The van der Waals surface area contributed by atoms with Crippen molar-refractivity contribution in [2.75, 3.05) is 0 Å². The number of rotatable bonds is 4. The monoisotopic (exact) mass is 253 g/mol. The van der Waals surface area contributed by atoms with Crippen LogP contribution in [0.3, 0.4) is 0 Å². The fourth-order valence-corrected chi connectivity index (χ4v) is 1.98. The van der Waals surface area contributed by atoms with E-state index in [9.17, 15) is 0 Å². The molecular formula is C14H15N5. The van der Waals surface area contributed by atoms with Gasteiger partial charge >= 0.3 is 0 Å². The number of benzene rings is 1. The average molecular weight is 253 g/mol. The van der Waals surface area contributed by atoms with Crippen molar-refractivity contribution in [2.45, 2.75) is 19.5 Å². The van der Waals surface area contributed by atoms with Crippen LogP contribution in [0, 0.1) is 0 Å². The maximum Gasteiger partial charge on any atom is 0.121 e. The largest absolute Gasteiger partial charge is 0.341 e. The van der Waals surface area contributed by atoms with Gasteiger partial charge in [0.15, 0.2) is 0 Å². The number of fused-ring (bicyclic) bond motifs is 1. The molecule has 2 N–H and O–H groups in total. The average Bonchev–Trinajstić information content (AvgIpc) is 2.88. The lowest BCUT2D eigenvalue weighted by Gasteiger charge is -2.11. The van der Waals surface area contributed by atoms with E-state index in [-0.39, 0.29) is 6.04 Å². The van der Waals surface area contributed by atoms with Gasteiger partial charge in [0.2, 0.25) is 0 Å². The van der Waals surface area contributed by atoms with Gasteiger partial charge in [-0.2, -0.15) is 0 Å². The number of imidazole rings is 1. The van der Waals surface area contributed by atoms with Gasteiger partial charge in [-0.15, -0.1) is 0 Å². The standard InChI is InChI=1S/C14H15N5/c1-10(13-8-15-6-7-16-13)17-9-14-18-11-4-2-3-5-12(11)19-14/h2-8,10,17H,9H2,1H3,(H,18,19). The number of aromatic amines is 1. The summed E-state index contributed by atoms with van der Waals surface area (Å²) in [4.78, 5) is 16.2. The van der Waals surface area contributed by atoms with Crippen molar-refractivity contribution in [3.63, 3.8) is 0 Å². The molecule has 3 aromatic rings. The fraction of sp³-hybridized carbons (Fsp3) is 0.214. The van der Waals surface area contributed by atoms with Crippen LogP contribution in [0.5, 0.6) is 0 Å². The third-order valence-electron chi connectivity index (χ3n) is 3.04. The van der Waals surface area contributed by atoms with Gasteiger partial charge in [0.05, 0.1) is 23.3 Å². The summed E-state index contributed by atoms with van der Waals surface area (Å²) in [5, 5.41) is 3.38. The highest BCUT2D eigenvalue weighted by molar-refractivity contribution is 5.74. The molecule has 5 heteroatoms. The fourth-order valence-electron chi connectivity index (χ4n) is 1.98. The highest BCUT2D eigenvalue weighted by atomic mass is 15.0. The summed E-state index contributed by atoms with van der Waals surface area (Å²) < 4.78 is 0. The minimum absolute atomic E-state index is 0.141. The van der Waals surface area contributed by atoms with E-state index in [4.69, 9.17) is 0 Å². The molecule has 3 rings (SSSR count). The SMILES string of the molecule is CC(NCc1nc2ccccc2[nH]1)c1cnccn1. The van der Waals surface area contributed by atoms with Crippen molar-refractivity contribution in [3.05, 3.63) is 54.4 Å². The summed E-state index contributed by atoms with van der Waals surface area (Å²) in [5.74, 6) is 0.928. The summed E-state index contributed by atoms with van der Waals surface area (Å²) in [6.07, 6.45) is 5.15. The van der Waals surface area contributed by atoms with Gasteiger partial charge < -0.3 is 10.3 Å². The second kappa shape index (κ2) is 5.16. The molecule has 2 aromatic heterocycles. The van der Waals surface area contributed by atoms with Crippen LogP contribution in [0.4, 0.5) is 0 Å². The minimum atomic E-state index is 0.141. The maximum absolute atomic E-state index is 4.52. The maximum atomic E-state index is 4.52. The first kappa shape index (κ1) is 11.8. The van der Waals surface area contributed by atoms with Crippen molar-refractivity contribution >= 4 is 11.0 Å².